The molecule has 0 radical (unpaired) electrons. The van der Waals surface area contributed by atoms with Crippen LogP contribution in [0.5, 0.6) is 5.75 Å². The number of carbonyl (C=O) groups excluding carboxylic acids is 1. The maximum Gasteiger partial charge on any atom is 0.201 e. The van der Waals surface area contributed by atoms with Gasteiger partial charge in [-0.3, -0.25) is 9.59 Å². The molecule has 0 saturated heterocycles. The van der Waals surface area contributed by atoms with Gasteiger partial charge in [0.25, 0.3) is 0 Å². The van der Waals surface area contributed by atoms with Gasteiger partial charge in [0.05, 0.1) is 16.3 Å². The lowest BCUT2D eigenvalue weighted by atomic mass is 10.1. The van der Waals surface area contributed by atoms with E-state index in [0.29, 0.717) is 22.8 Å². The second-order valence-electron chi connectivity index (χ2n) is 3.92. The summed E-state index contributed by atoms with van der Waals surface area (Å²) in [5.74, 6) is -0.222. The molecule has 18 heavy (non-hydrogen) atoms. The van der Waals surface area contributed by atoms with Crippen LogP contribution in [0.2, 0.25) is 0 Å². The first-order valence-corrected chi connectivity index (χ1v) is 5.35. The first-order valence-electron chi connectivity index (χ1n) is 5.35. The molecule has 3 aromatic rings. The van der Waals surface area contributed by atoms with E-state index in [-0.39, 0.29) is 22.1 Å². The Morgan fingerprint density at radius 1 is 1.06 bits per heavy atom. The van der Waals surface area contributed by atoms with E-state index in [1.165, 1.54) is 12.1 Å². The number of aromatic hydroxyl groups is 1. The molecular formula is C14H8O4. The molecule has 0 fully saturated rings. The van der Waals surface area contributed by atoms with Crippen LogP contribution in [-0.4, -0.2) is 11.4 Å². The van der Waals surface area contributed by atoms with Gasteiger partial charge in [-0.25, -0.2) is 0 Å². The van der Waals surface area contributed by atoms with Gasteiger partial charge < -0.3 is 9.52 Å². The normalized spacial score (nSPS) is 10.9. The number of para-hydroxylation sites is 1. The third-order valence-corrected chi connectivity index (χ3v) is 2.88. The van der Waals surface area contributed by atoms with Crippen LogP contribution in [0.15, 0.2) is 45.6 Å². The maximum atomic E-state index is 12.3. The van der Waals surface area contributed by atoms with Crippen molar-refractivity contribution in [3.8, 4) is 5.75 Å². The van der Waals surface area contributed by atoms with Crippen LogP contribution in [0.3, 0.4) is 0 Å². The molecule has 3 rings (SSSR count). The fraction of sp³-hybridized carbons (Fsp3) is 0. The van der Waals surface area contributed by atoms with Crippen LogP contribution in [-0.2, 0) is 0 Å². The van der Waals surface area contributed by atoms with Crippen molar-refractivity contribution < 1.29 is 14.3 Å². The molecule has 88 valence electrons. The Kier molecular flexibility index (Phi) is 2.16. The Hall–Kier alpha value is -2.62. The van der Waals surface area contributed by atoms with E-state index in [2.05, 4.69) is 0 Å². The first-order chi connectivity index (χ1) is 8.72. The van der Waals surface area contributed by atoms with E-state index in [1.54, 1.807) is 24.3 Å². The monoisotopic (exact) mass is 240 g/mol. The van der Waals surface area contributed by atoms with Gasteiger partial charge in [-0.2, -0.15) is 0 Å². The Balaban J connectivity index is 2.65. The van der Waals surface area contributed by atoms with Crippen LogP contribution in [0, 0.1) is 0 Å². The van der Waals surface area contributed by atoms with Crippen molar-refractivity contribution in [3.63, 3.8) is 0 Å². The zero-order chi connectivity index (χ0) is 12.7. The molecule has 1 heterocycles. The van der Waals surface area contributed by atoms with Crippen molar-refractivity contribution in [2.24, 2.45) is 0 Å². The lowest BCUT2D eigenvalue weighted by Crippen LogP contribution is -2.05. The van der Waals surface area contributed by atoms with Crippen molar-refractivity contribution in [1.82, 2.24) is 0 Å². The summed E-state index contributed by atoms with van der Waals surface area (Å²) in [4.78, 5) is 23.3. The van der Waals surface area contributed by atoms with Crippen LogP contribution in [0.1, 0.15) is 10.4 Å². The number of phenols is 1. The minimum atomic E-state index is -0.315. The lowest BCUT2D eigenvalue weighted by Gasteiger charge is -2.04. The van der Waals surface area contributed by atoms with Gasteiger partial charge in [-0.15, -0.1) is 0 Å². The van der Waals surface area contributed by atoms with Gasteiger partial charge in [-0.1, -0.05) is 12.1 Å². The van der Waals surface area contributed by atoms with Gasteiger partial charge in [0.15, 0.2) is 6.29 Å². The highest BCUT2D eigenvalue weighted by molar-refractivity contribution is 6.02. The molecule has 0 aliphatic carbocycles. The maximum absolute atomic E-state index is 12.3. The molecular weight excluding hydrogens is 232 g/mol. The predicted octanol–water partition coefficient (Wildman–Crippen LogP) is 2.46. The second kappa shape index (κ2) is 3.70. The summed E-state index contributed by atoms with van der Waals surface area (Å²) in [6.45, 7) is 0. The summed E-state index contributed by atoms with van der Waals surface area (Å²) in [5, 5.41) is 10.1. The zero-order valence-corrected chi connectivity index (χ0v) is 9.21. The number of fused-ring (bicyclic) bond motifs is 2. The van der Waals surface area contributed by atoms with Gasteiger partial charge >= 0.3 is 0 Å². The Bertz CT molecular complexity index is 830. The van der Waals surface area contributed by atoms with Gasteiger partial charge in [0.2, 0.25) is 5.43 Å². The molecule has 1 N–H and O–H groups in total. The largest absolute Gasteiger partial charge is 0.507 e. The summed E-state index contributed by atoms with van der Waals surface area (Å²) in [6, 6.07) is 9.60. The number of aldehydes is 1. The minimum Gasteiger partial charge on any atom is -0.507 e. The fourth-order valence-electron chi connectivity index (χ4n) is 2.02. The average molecular weight is 240 g/mol. The Morgan fingerprint density at radius 2 is 1.83 bits per heavy atom. The van der Waals surface area contributed by atoms with Crippen LogP contribution in [0.25, 0.3) is 21.9 Å². The van der Waals surface area contributed by atoms with E-state index < -0.39 is 0 Å². The highest BCUT2D eigenvalue weighted by Gasteiger charge is 2.13. The molecule has 1 aromatic heterocycles. The van der Waals surface area contributed by atoms with Gasteiger partial charge in [-0.05, 0) is 24.3 Å². The fourth-order valence-corrected chi connectivity index (χ4v) is 2.02. The number of benzene rings is 2. The van der Waals surface area contributed by atoms with Crippen molar-refractivity contribution >= 4 is 28.2 Å². The smallest absolute Gasteiger partial charge is 0.201 e. The summed E-state index contributed by atoms with van der Waals surface area (Å²) in [7, 11) is 0. The SMILES string of the molecule is O=Cc1c(O)ccc2oc3ccccc3c(=O)c12. The average Bonchev–Trinajstić information content (AvgIpc) is 2.40. The molecule has 0 amide bonds. The molecule has 2 aromatic carbocycles. The standard InChI is InChI=1S/C14H8O4/c15-7-9-10(16)5-6-12-13(9)14(17)8-3-1-2-4-11(8)18-12/h1-7,16H. The lowest BCUT2D eigenvalue weighted by molar-refractivity contribution is 0.112. The topological polar surface area (TPSA) is 67.5 Å². The van der Waals surface area contributed by atoms with Crippen molar-refractivity contribution in [1.29, 1.82) is 0 Å². The third kappa shape index (κ3) is 1.32. The molecule has 4 nitrogen and oxygen atoms in total. The summed E-state index contributed by atoms with van der Waals surface area (Å²) < 4.78 is 5.55. The number of carbonyl (C=O) groups is 1. The molecule has 4 heteroatoms. The summed E-state index contributed by atoms with van der Waals surface area (Å²) >= 11 is 0. The number of rotatable bonds is 1. The number of phenolic OH excluding ortho intramolecular Hbond substituents is 1. The molecule has 0 bridgehead atoms. The molecule has 0 saturated carbocycles. The second-order valence-corrected chi connectivity index (χ2v) is 3.92. The molecule has 0 unspecified atom stereocenters. The van der Waals surface area contributed by atoms with Gasteiger partial charge in [0, 0.05) is 0 Å². The molecule has 0 aliphatic heterocycles. The highest BCUT2D eigenvalue weighted by atomic mass is 16.3. The summed E-state index contributed by atoms with van der Waals surface area (Å²) in [5.41, 5.74) is 0.396. The van der Waals surface area contributed by atoms with Crippen LogP contribution in [0.4, 0.5) is 0 Å². The van der Waals surface area contributed by atoms with Crippen LogP contribution < -0.4 is 5.43 Å². The van der Waals surface area contributed by atoms with E-state index in [1.807, 2.05) is 0 Å². The highest BCUT2D eigenvalue weighted by Crippen LogP contribution is 2.26. The first kappa shape index (κ1) is 10.5. The molecule has 0 spiro atoms. The van der Waals surface area contributed by atoms with E-state index in [4.69, 9.17) is 4.42 Å². The van der Waals surface area contributed by atoms with Gasteiger partial charge in [0.1, 0.15) is 16.9 Å². The third-order valence-electron chi connectivity index (χ3n) is 2.88. The van der Waals surface area contributed by atoms with Crippen LogP contribution >= 0.6 is 0 Å². The molecule has 0 atom stereocenters. The van der Waals surface area contributed by atoms with Crippen molar-refractivity contribution in [2.45, 2.75) is 0 Å². The quantitative estimate of drug-likeness (QED) is 0.524. The number of hydrogen-bond donors (Lipinski definition) is 1. The van der Waals surface area contributed by atoms with E-state index >= 15 is 0 Å². The van der Waals surface area contributed by atoms with E-state index in [0.717, 1.165) is 0 Å². The van der Waals surface area contributed by atoms with Crippen molar-refractivity contribution in [2.75, 3.05) is 0 Å². The molecule has 0 aliphatic rings. The van der Waals surface area contributed by atoms with E-state index in [9.17, 15) is 14.7 Å². The summed E-state index contributed by atoms with van der Waals surface area (Å²) in [6.07, 6.45) is 0.462. The Labute approximate surface area is 101 Å². The van der Waals surface area contributed by atoms with Crippen molar-refractivity contribution in [3.05, 3.63) is 52.2 Å². The number of hydrogen-bond acceptors (Lipinski definition) is 4. The zero-order valence-electron chi connectivity index (χ0n) is 9.21. The predicted molar refractivity (Wildman–Crippen MR) is 67.0 cm³/mol. The minimum absolute atomic E-state index is 0.0352. The Morgan fingerprint density at radius 3 is 2.61 bits per heavy atom.